The lowest BCUT2D eigenvalue weighted by Crippen LogP contribution is -2.64. The summed E-state index contributed by atoms with van der Waals surface area (Å²) in [6.07, 6.45) is 6.27. The van der Waals surface area contributed by atoms with E-state index < -0.39 is 11.4 Å². The van der Waals surface area contributed by atoms with Crippen molar-refractivity contribution in [3.63, 3.8) is 0 Å². The van der Waals surface area contributed by atoms with Crippen molar-refractivity contribution < 1.29 is 18.7 Å². The molecule has 1 atom stereocenters. The van der Waals surface area contributed by atoms with Gasteiger partial charge in [-0.05, 0) is 42.7 Å². The normalized spacial score (nSPS) is 19.8. The van der Waals surface area contributed by atoms with Crippen LogP contribution in [0, 0.1) is 5.82 Å². The molecule has 1 aliphatic carbocycles. The van der Waals surface area contributed by atoms with Crippen LogP contribution in [0.2, 0.25) is 0 Å². The molecule has 0 saturated heterocycles. The fourth-order valence-corrected chi connectivity index (χ4v) is 6.35. The summed E-state index contributed by atoms with van der Waals surface area (Å²) >= 11 is 0. The van der Waals surface area contributed by atoms with Gasteiger partial charge in [0.2, 0.25) is 0 Å². The largest absolute Gasteiger partial charge is 0.497 e. The summed E-state index contributed by atoms with van der Waals surface area (Å²) in [5.74, 6) is -0.282. The molecule has 1 saturated carbocycles. The van der Waals surface area contributed by atoms with E-state index in [1.54, 1.807) is 30.2 Å². The van der Waals surface area contributed by atoms with Gasteiger partial charge < -0.3 is 19.5 Å². The quantitative estimate of drug-likeness (QED) is 0.298. The Morgan fingerprint density at radius 1 is 0.975 bits per heavy atom. The van der Waals surface area contributed by atoms with Crippen molar-refractivity contribution in [2.24, 2.45) is 0 Å². The Kier molecular flexibility index (Phi) is 7.05. The number of hydrogen-bond donors (Lipinski definition) is 1. The first-order valence-corrected chi connectivity index (χ1v) is 14.1. The van der Waals surface area contributed by atoms with Gasteiger partial charge in [0.1, 0.15) is 17.3 Å². The number of aromatic nitrogens is 1. The number of methoxy groups -OCH3 is 1. The number of rotatable bonds is 6. The average Bonchev–Trinajstić information content (AvgIpc) is 3.14. The van der Waals surface area contributed by atoms with Gasteiger partial charge >= 0.3 is 0 Å². The molecule has 1 aliphatic heterocycles. The van der Waals surface area contributed by atoms with E-state index in [2.05, 4.69) is 5.32 Å². The van der Waals surface area contributed by atoms with E-state index in [1.807, 2.05) is 59.2 Å². The second-order valence-corrected chi connectivity index (χ2v) is 10.9. The fourth-order valence-electron chi connectivity index (χ4n) is 6.35. The van der Waals surface area contributed by atoms with E-state index in [4.69, 9.17) is 4.74 Å². The molecule has 0 bridgehead atoms. The van der Waals surface area contributed by atoms with Crippen molar-refractivity contribution in [2.75, 3.05) is 7.11 Å². The van der Waals surface area contributed by atoms with Crippen LogP contribution >= 0.6 is 0 Å². The highest BCUT2D eigenvalue weighted by Gasteiger charge is 2.53. The van der Waals surface area contributed by atoms with Crippen LogP contribution in [0.1, 0.15) is 60.1 Å². The van der Waals surface area contributed by atoms with Crippen molar-refractivity contribution in [3.05, 3.63) is 102 Å². The molecule has 0 spiro atoms. The van der Waals surface area contributed by atoms with Crippen molar-refractivity contribution in [1.29, 1.82) is 0 Å². The lowest BCUT2D eigenvalue weighted by Gasteiger charge is -2.47. The number of nitrogens with zero attached hydrogens (tertiary/aromatic N) is 2. The highest BCUT2D eigenvalue weighted by Crippen LogP contribution is 2.41. The van der Waals surface area contributed by atoms with Crippen molar-refractivity contribution >= 4 is 22.7 Å². The highest BCUT2D eigenvalue weighted by molar-refractivity contribution is 6.04. The Labute approximate surface area is 233 Å². The van der Waals surface area contributed by atoms with Crippen LogP contribution in [-0.2, 0) is 23.4 Å². The van der Waals surface area contributed by atoms with Gasteiger partial charge in [-0.1, -0.05) is 74.2 Å². The van der Waals surface area contributed by atoms with E-state index in [9.17, 15) is 9.59 Å². The number of hydrogen-bond acceptors (Lipinski definition) is 3. The zero-order valence-corrected chi connectivity index (χ0v) is 22.7. The van der Waals surface area contributed by atoms with Gasteiger partial charge in [-0.15, -0.1) is 0 Å². The molecule has 40 heavy (non-hydrogen) atoms. The smallest absolute Gasteiger partial charge is 0.272 e. The number of ether oxygens (including phenoxy) is 1. The van der Waals surface area contributed by atoms with Crippen LogP contribution < -0.4 is 10.1 Å². The van der Waals surface area contributed by atoms with Gasteiger partial charge in [0.15, 0.2) is 5.54 Å². The molecule has 0 radical (unpaired) electrons. The maximum absolute atomic E-state index is 15.0. The molecule has 2 aliphatic rings. The predicted molar refractivity (Wildman–Crippen MR) is 153 cm³/mol. The third kappa shape index (κ3) is 4.53. The monoisotopic (exact) mass is 539 g/mol. The van der Waals surface area contributed by atoms with E-state index in [-0.39, 0.29) is 30.9 Å². The molecule has 1 aromatic heterocycles. The highest BCUT2D eigenvalue weighted by atomic mass is 19.1. The number of nitrogens with one attached hydrogen (secondary N) is 1. The lowest BCUT2D eigenvalue weighted by molar-refractivity contribution is -0.136. The third-order valence-corrected chi connectivity index (χ3v) is 8.53. The summed E-state index contributed by atoms with van der Waals surface area (Å²) in [6.45, 7) is 0.158. The van der Waals surface area contributed by atoms with Gasteiger partial charge in [0, 0.05) is 23.1 Å². The molecule has 3 aromatic carbocycles. The summed E-state index contributed by atoms with van der Waals surface area (Å²) in [5, 5.41) is 4.23. The fraction of sp³-hybridized carbons (Fsp3) is 0.333. The minimum absolute atomic E-state index is 0.0314. The Morgan fingerprint density at radius 3 is 2.42 bits per heavy atom. The van der Waals surface area contributed by atoms with Crippen LogP contribution in [0.3, 0.4) is 0 Å². The van der Waals surface area contributed by atoms with Crippen LogP contribution in [0.15, 0.2) is 78.9 Å². The first-order valence-electron chi connectivity index (χ1n) is 14.1. The minimum Gasteiger partial charge on any atom is -0.497 e. The van der Waals surface area contributed by atoms with Gasteiger partial charge in [-0.25, -0.2) is 4.39 Å². The summed E-state index contributed by atoms with van der Waals surface area (Å²) in [7, 11) is 1.61. The van der Waals surface area contributed by atoms with E-state index in [1.165, 1.54) is 6.07 Å². The predicted octanol–water partition coefficient (Wildman–Crippen LogP) is 6.18. The molecule has 2 heterocycles. The third-order valence-electron chi connectivity index (χ3n) is 8.53. The lowest BCUT2D eigenvalue weighted by atomic mass is 9.83. The van der Waals surface area contributed by atoms with Crippen LogP contribution in [0.5, 0.6) is 5.75 Å². The summed E-state index contributed by atoms with van der Waals surface area (Å²) in [5.41, 5.74) is 0.949. The Morgan fingerprint density at radius 2 is 1.70 bits per heavy atom. The van der Waals surface area contributed by atoms with Crippen molar-refractivity contribution in [3.8, 4) is 5.75 Å². The number of halogens is 1. The molecular formula is C33H34FN3O3. The second-order valence-electron chi connectivity index (χ2n) is 10.9. The number of amides is 2. The van der Waals surface area contributed by atoms with E-state index in [0.29, 0.717) is 22.6 Å². The SMILES string of the molecule is COc1ccc2cc3n(c2c1)C[C@@](C(=O)NC1CCCCCC1)(c1ccccc1)N(Cc1ccccc1F)C3=O. The Hall–Kier alpha value is -4.13. The maximum Gasteiger partial charge on any atom is 0.272 e. The Balaban J connectivity index is 1.55. The van der Waals surface area contributed by atoms with Crippen LogP contribution in [-0.4, -0.2) is 34.4 Å². The molecule has 6 rings (SSSR count). The molecule has 2 amide bonds. The van der Waals surface area contributed by atoms with Gasteiger partial charge in [0.05, 0.1) is 25.7 Å². The van der Waals surface area contributed by atoms with Crippen molar-refractivity contribution in [2.45, 2.75) is 63.2 Å². The maximum atomic E-state index is 15.0. The molecule has 4 aromatic rings. The van der Waals surface area contributed by atoms with Crippen LogP contribution in [0.4, 0.5) is 4.39 Å². The van der Waals surface area contributed by atoms with Gasteiger partial charge in [-0.2, -0.15) is 0 Å². The van der Waals surface area contributed by atoms with E-state index in [0.717, 1.165) is 49.4 Å². The summed E-state index contributed by atoms with van der Waals surface area (Å²) in [6, 6.07) is 23.5. The number of benzene rings is 3. The zero-order valence-electron chi connectivity index (χ0n) is 22.7. The minimum atomic E-state index is -1.39. The molecular weight excluding hydrogens is 505 g/mol. The number of carbonyl (C=O) groups excluding carboxylic acids is 2. The van der Waals surface area contributed by atoms with Gasteiger partial charge in [-0.3, -0.25) is 9.59 Å². The molecule has 206 valence electrons. The first-order chi connectivity index (χ1) is 19.5. The number of fused-ring (bicyclic) bond motifs is 3. The van der Waals surface area contributed by atoms with Gasteiger partial charge in [0.25, 0.3) is 11.8 Å². The standard InChI is InChI=1S/C33H34FN3O3/c1-40-27-18-17-23-19-30-31(38)37(21-24-11-9-10-16-28(24)34)33(22-36(30)29(23)20-27,25-12-5-4-6-13-25)32(39)35-26-14-7-2-3-8-15-26/h4-6,9-13,16-20,26H,2-3,7-8,14-15,21-22H2,1H3,(H,35,39)/t33-/m0/s1. The Bertz CT molecular complexity index is 1540. The summed E-state index contributed by atoms with van der Waals surface area (Å²) < 4.78 is 22.5. The summed E-state index contributed by atoms with van der Waals surface area (Å²) in [4.78, 5) is 30.7. The van der Waals surface area contributed by atoms with Crippen molar-refractivity contribution in [1.82, 2.24) is 14.8 Å². The topological polar surface area (TPSA) is 63.6 Å². The zero-order chi connectivity index (χ0) is 27.7. The molecule has 0 unspecified atom stereocenters. The molecule has 1 N–H and O–H groups in total. The second kappa shape index (κ2) is 10.8. The van der Waals surface area contributed by atoms with E-state index >= 15 is 4.39 Å². The molecule has 7 heteroatoms. The molecule has 6 nitrogen and oxygen atoms in total. The first kappa shape index (κ1) is 26.1. The average molecular weight is 540 g/mol. The van der Waals surface area contributed by atoms with Crippen LogP contribution in [0.25, 0.3) is 10.9 Å². The number of carbonyl (C=O) groups is 2. The molecule has 1 fully saturated rings.